The second-order valence-corrected chi connectivity index (χ2v) is 8.15. The topological polar surface area (TPSA) is 37.5 Å². The molecule has 0 atom stereocenters. The lowest BCUT2D eigenvalue weighted by molar-refractivity contribution is 0.430. The maximum atomic E-state index is 10.4. The van der Waals surface area contributed by atoms with E-state index in [0.717, 1.165) is 38.5 Å². The first-order valence-corrected chi connectivity index (χ1v) is 9.55. The number of hydrogen-bond acceptors (Lipinski definition) is 4. The molecule has 0 aliphatic carbocycles. The van der Waals surface area contributed by atoms with Crippen LogP contribution >= 0.6 is 23.6 Å². The summed E-state index contributed by atoms with van der Waals surface area (Å²) in [5.74, 6) is 0.192. The fourth-order valence-electron chi connectivity index (χ4n) is 3.26. The standard InChI is InChI=1S/C21H18N2OS2/c1-12-9-13(2)18-15(10-12)16(11-17-20(24)23(3)21(25)26-17)19(22-18)14-7-5-4-6-8-14/h4-11,24H,1-3H3. The van der Waals surface area contributed by atoms with Gasteiger partial charge in [0.05, 0.1) is 16.3 Å². The highest BCUT2D eigenvalue weighted by Crippen LogP contribution is 2.42. The smallest absolute Gasteiger partial charge is 0.210 e. The zero-order valence-electron chi connectivity index (χ0n) is 14.8. The minimum Gasteiger partial charge on any atom is -0.493 e. The van der Waals surface area contributed by atoms with Crippen molar-refractivity contribution in [2.24, 2.45) is 12.0 Å². The molecule has 0 radical (unpaired) electrons. The molecule has 1 aliphatic rings. The molecule has 0 saturated heterocycles. The van der Waals surface area contributed by atoms with Gasteiger partial charge >= 0.3 is 0 Å². The Morgan fingerprint density at radius 1 is 1.15 bits per heavy atom. The molecule has 1 N–H and O–H groups in total. The number of benzene rings is 2. The number of aliphatic imine (C=N–C) groups is 1. The van der Waals surface area contributed by atoms with E-state index in [2.05, 4.69) is 38.1 Å². The molecule has 1 aliphatic heterocycles. The summed E-state index contributed by atoms with van der Waals surface area (Å²) in [6.07, 6.45) is 2.01. The normalized spacial score (nSPS) is 14.6. The van der Waals surface area contributed by atoms with E-state index in [0.29, 0.717) is 3.95 Å². The zero-order chi connectivity index (χ0) is 18.4. The summed E-state index contributed by atoms with van der Waals surface area (Å²) in [7, 11) is 1.78. The number of thiazole rings is 1. The summed E-state index contributed by atoms with van der Waals surface area (Å²) in [6, 6.07) is 14.5. The van der Waals surface area contributed by atoms with E-state index in [1.54, 1.807) is 11.6 Å². The van der Waals surface area contributed by atoms with Crippen LogP contribution in [0.1, 0.15) is 27.1 Å². The van der Waals surface area contributed by atoms with Crippen LogP contribution in [0, 0.1) is 17.8 Å². The van der Waals surface area contributed by atoms with Gasteiger partial charge in [-0.3, -0.25) is 4.57 Å². The van der Waals surface area contributed by atoms with Crippen molar-refractivity contribution in [3.63, 3.8) is 0 Å². The van der Waals surface area contributed by atoms with Crippen LogP contribution in [-0.4, -0.2) is 15.4 Å². The van der Waals surface area contributed by atoms with Gasteiger partial charge in [-0.1, -0.05) is 42.0 Å². The van der Waals surface area contributed by atoms with Crippen molar-refractivity contribution in [2.75, 3.05) is 0 Å². The van der Waals surface area contributed by atoms with Crippen molar-refractivity contribution < 1.29 is 5.11 Å². The largest absolute Gasteiger partial charge is 0.493 e. The molecular formula is C21H18N2OS2. The highest BCUT2D eigenvalue weighted by Gasteiger charge is 2.24. The van der Waals surface area contributed by atoms with Crippen LogP contribution in [0.5, 0.6) is 5.88 Å². The molecule has 1 aromatic heterocycles. The molecule has 0 amide bonds. The number of rotatable bonds is 2. The molecule has 2 heterocycles. The van der Waals surface area contributed by atoms with E-state index >= 15 is 0 Å². The van der Waals surface area contributed by atoms with Gasteiger partial charge in [0.15, 0.2) is 3.95 Å². The van der Waals surface area contributed by atoms with E-state index in [4.69, 9.17) is 17.2 Å². The lowest BCUT2D eigenvalue weighted by atomic mass is 9.95. The van der Waals surface area contributed by atoms with Crippen molar-refractivity contribution >= 4 is 46.6 Å². The molecule has 3 aromatic rings. The van der Waals surface area contributed by atoms with Crippen LogP contribution in [0.25, 0.3) is 11.6 Å². The van der Waals surface area contributed by atoms with Gasteiger partial charge in [-0.15, -0.1) is 11.3 Å². The highest BCUT2D eigenvalue weighted by molar-refractivity contribution is 7.73. The van der Waals surface area contributed by atoms with Gasteiger partial charge in [-0.2, -0.15) is 0 Å². The summed E-state index contributed by atoms with van der Waals surface area (Å²) in [5.41, 5.74) is 7.46. The lowest BCUT2D eigenvalue weighted by Gasteiger charge is -2.07. The molecule has 0 fully saturated rings. The first-order chi connectivity index (χ1) is 12.5. The summed E-state index contributed by atoms with van der Waals surface area (Å²) in [5, 5.41) is 10.4. The van der Waals surface area contributed by atoms with Crippen molar-refractivity contribution in [2.45, 2.75) is 13.8 Å². The Labute approximate surface area is 161 Å². The predicted molar refractivity (Wildman–Crippen MR) is 112 cm³/mol. The maximum absolute atomic E-state index is 10.4. The van der Waals surface area contributed by atoms with Crippen molar-refractivity contribution in [1.82, 2.24) is 4.57 Å². The van der Waals surface area contributed by atoms with Crippen LogP contribution in [-0.2, 0) is 7.05 Å². The van der Waals surface area contributed by atoms with E-state index in [-0.39, 0.29) is 5.88 Å². The summed E-state index contributed by atoms with van der Waals surface area (Å²) in [6.45, 7) is 4.18. The van der Waals surface area contributed by atoms with Crippen LogP contribution in [0.4, 0.5) is 5.69 Å². The van der Waals surface area contributed by atoms with Crippen LogP contribution in [0.3, 0.4) is 0 Å². The van der Waals surface area contributed by atoms with Crippen molar-refractivity contribution in [3.8, 4) is 5.88 Å². The molecule has 5 heteroatoms. The molecule has 0 bridgehead atoms. The molecule has 130 valence electrons. The molecule has 4 rings (SSSR count). The minimum atomic E-state index is 0.192. The maximum Gasteiger partial charge on any atom is 0.210 e. The number of aryl methyl sites for hydroxylation is 2. The summed E-state index contributed by atoms with van der Waals surface area (Å²) in [4.78, 5) is 5.69. The third-order valence-electron chi connectivity index (χ3n) is 4.55. The van der Waals surface area contributed by atoms with Gasteiger partial charge in [0.2, 0.25) is 5.88 Å². The third kappa shape index (κ3) is 2.73. The van der Waals surface area contributed by atoms with E-state index < -0.39 is 0 Å². The Morgan fingerprint density at radius 3 is 2.54 bits per heavy atom. The fraction of sp³-hybridized carbons (Fsp3) is 0.143. The molecule has 0 unspecified atom stereocenters. The zero-order valence-corrected chi connectivity index (χ0v) is 16.4. The van der Waals surface area contributed by atoms with Crippen LogP contribution < -0.4 is 0 Å². The second-order valence-electron chi connectivity index (χ2n) is 6.48. The first-order valence-electron chi connectivity index (χ1n) is 8.32. The molecule has 3 nitrogen and oxygen atoms in total. The third-order valence-corrected chi connectivity index (χ3v) is 6.04. The van der Waals surface area contributed by atoms with Gasteiger partial charge < -0.3 is 5.11 Å². The number of aromatic nitrogens is 1. The van der Waals surface area contributed by atoms with Crippen LogP contribution in [0.15, 0.2) is 47.5 Å². The number of allylic oxidation sites excluding steroid dienone is 1. The van der Waals surface area contributed by atoms with E-state index in [9.17, 15) is 5.11 Å². The lowest BCUT2D eigenvalue weighted by Crippen LogP contribution is -1.99. The van der Waals surface area contributed by atoms with Gasteiger partial charge in [0.1, 0.15) is 0 Å². The molecular weight excluding hydrogens is 360 g/mol. The first kappa shape index (κ1) is 16.9. The van der Waals surface area contributed by atoms with Gasteiger partial charge in [0, 0.05) is 23.7 Å². The Bertz CT molecular complexity index is 1130. The Balaban J connectivity index is 1.98. The SMILES string of the molecule is Cc1cc(C)c2c(c1)C(=Cc1sc(=S)n(C)c1O)C(c1ccccc1)=N2. The van der Waals surface area contributed by atoms with Gasteiger partial charge in [0.25, 0.3) is 0 Å². The second kappa shape index (κ2) is 6.34. The van der Waals surface area contributed by atoms with E-state index in [1.165, 1.54) is 16.9 Å². The monoisotopic (exact) mass is 378 g/mol. The quantitative estimate of drug-likeness (QED) is 0.571. The molecule has 0 saturated carbocycles. The Hall–Kier alpha value is -2.50. The summed E-state index contributed by atoms with van der Waals surface area (Å²) < 4.78 is 2.27. The van der Waals surface area contributed by atoms with Crippen LogP contribution in [0.2, 0.25) is 0 Å². The minimum absolute atomic E-state index is 0.192. The summed E-state index contributed by atoms with van der Waals surface area (Å²) >= 11 is 6.71. The number of nitrogens with zero attached hydrogens (tertiary/aromatic N) is 2. The van der Waals surface area contributed by atoms with Gasteiger partial charge in [-0.05, 0) is 43.8 Å². The molecule has 0 spiro atoms. The average molecular weight is 379 g/mol. The van der Waals surface area contributed by atoms with E-state index in [1.807, 2.05) is 24.3 Å². The van der Waals surface area contributed by atoms with Crippen molar-refractivity contribution in [1.29, 1.82) is 0 Å². The number of hydrogen-bond donors (Lipinski definition) is 1. The Kier molecular flexibility index (Phi) is 4.13. The molecule has 2 aromatic carbocycles. The number of fused-ring (bicyclic) bond motifs is 1. The fourth-order valence-corrected chi connectivity index (χ4v) is 4.43. The average Bonchev–Trinajstić information content (AvgIpc) is 3.10. The van der Waals surface area contributed by atoms with Crippen molar-refractivity contribution in [3.05, 3.63) is 73.5 Å². The van der Waals surface area contributed by atoms with Gasteiger partial charge in [-0.25, -0.2) is 4.99 Å². The molecule has 26 heavy (non-hydrogen) atoms. The highest BCUT2D eigenvalue weighted by atomic mass is 32.1. The Morgan fingerprint density at radius 2 is 1.88 bits per heavy atom. The number of aromatic hydroxyl groups is 1. The predicted octanol–water partition coefficient (Wildman–Crippen LogP) is 5.81.